The van der Waals surface area contributed by atoms with Crippen molar-refractivity contribution in [1.29, 1.82) is 0 Å². The van der Waals surface area contributed by atoms with Gasteiger partial charge in [-0.3, -0.25) is 10.1 Å². The molecule has 5 heteroatoms. The molecule has 2 rings (SSSR count). The summed E-state index contributed by atoms with van der Waals surface area (Å²) >= 11 is 0. The molecule has 5 nitrogen and oxygen atoms in total. The van der Waals surface area contributed by atoms with Crippen LogP contribution < -0.4 is 10.1 Å². The summed E-state index contributed by atoms with van der Waals surface area (Å²) in [6.07, 6.45) is 5.62. The van der Waals surface area contributed by atoms with E-state index in [1.165, 1.54) is 6.42 Å². The van der Waals surface area contributed by atoms with Crippen molar-refractivity contribution in [2.75, 3.05) is 12.4 Å². The van der Waals surface area contributed by atoms with Crippen LogP contribution in [-0.2, 0) is 0 Å². The molecule has 1 aliphatic rings. The van der Waals surface area contributed by atoms with Crippen LogP contribution in [0.1, 0.15) is 39.0 Å². The van der Waals surface area contributed by atoms with Crippen LogP contribution in [0, 0.1) is 16.0 Å². The number of ether oxygens (including phenoxy) is 1. The molecule has 20 heavy (non-hydrogen) atoms. The number of rotatable bonds is 5. The van der Waals surface area contributed by atoms with Crippen LogP contribution in [0.4, 0.5) is 11.4 Å². The normalized spacial score (nSPS) is 22.3. The number of nitro benzene ring substituents is 1. The van der Waals surface area contributed by atoms with Gasteiger partial charge in [-0.15, -0.1) is 0 Å². The van der Waals surface area contributed by atoms with Gasteiger partial charge in [-0.2, -0.15) is 0 Å². The summed E-state index contributed by atoms with van der Waals surface area (Å²) in [5.74, 6) is 1.06. The third-order valence-corrected chi connectivity index (χ3v) is 4.06. The van der Waals surface area contributed by atoms with Crippen LogP contribution in [0.3, 0.4) is 0 Å². The van der Waals surface area contributed by atoms with Crippen molar-refractivity contribution >= 4 is 11.4 Å². The van der Waals surface area contributed by atoms with Gasteiger partial charge in [0, 0.05) is 7.05 Å². The summed E-state index contributed by atoms with van der Waals surface area (Å²) < 4.78 is 5.94. The Hall–Kier alpha value is -1.78. The second-order valence-electron chi connectivity index (χ2n) is 5.34. The predicted octanol–water partition coefficient (Wildman–Crippen LogP) is 3.98. The maximum Gasteiger partial charge on any atom is 0.333 e. The van der Waals surface area contributed by atoms with Crippen molar-refractivity contribution in [2.45, 2.75) is 45.1 Å². The highest BCUT2D eigenvalue weighted by Crippen LogP contribution is 2.37. The predicted molar refractivity (Wildman–Crippen MR) is 79.3 cm³/mol. The highest BCUT2D eigenvalue weighted by atomic mass is 16.6. The average molecular weight is 278 g/mol. The van der Waals surface area contributed by atoms with Gasteiger partial charge in [0.05, 0.1) is 11.0 Å². The molecule has 110 valence electrons. The lowest BCUT2D eigenvalue weighted by atomic mass is 9.85. The van der Waals surface area contributed by atoms with Gasteiger partial charge < -0.3 is 10.1 Å². The summed E-state index contributed by atoms with van der Waals surface area (Å²) in [7, 11) is 1.68. The van der Waals surface area contributed by atoms with Gasteiger partial charge in [0.15, 0.2) is 5.75 Å². The molecule has 1 saturated carbocycles. The monoisotopic (exact) mass is 278 g/mol. The van der Waals surface area contributed by atoms with E-state index in [9.17, 15) is 10.1 Å². The summed E-state index contributed by atoms with van der Waals surface area (Å²) in [6, 6.07) is 5.17. The molecule has 0 bridgehead atoms. The van der Waals surface area contributed by atoms with Crippen molar-refractivity contribution in [1.82, 2.24) is 0 Å². The number of nitrogens with one attached hydrogen (secondary N) is 1. The number of hydrogen-bond donors (Lipinski definition) is 1. The first-order chi connectivity index (χ1) is 9.65. The van der Waals surface area contributed by atoms with Crippen LogP contribution in [0.2, 0.25) is 0 Å². The summed E-state index contributed by atoms with van der Waals surface area (Å²) in [5.41, 5.74) is 0.531. The van der Waals surface area contributed by atoms with E-state index in [-0.39, 0.29) is 16.7 Å². The Morgan fingerprint density at radius 2 is 2.25 bits per heavy atom. The molecule has 1 aliphatic carbocycles. The largest absolute Gasteiger partial charge is 0.483 e. The van der Waals surface area contributed by atoms with Crippen molar-refractivity contribution in [2.24, 2.45) is 5.92 Å². The lowest BCUT2D eigenvalue weighted by molar-refractivity contribution is -0.385. The molecule has 0 spiro atoms. The maximum atomic E-state index is 11.2. The Kier molecular flexibility index (Phi) is 4.82. The van der Waals surface area contributed by atoms with E-state index in [0.29, 0.717) is 17.4 Å². The zero-order valence-corrected chi connectivity index (χ0v) is 12.1. The van der Waals surface area contributed by atoms with Crippen molar-refractivity contribution in [3.63, 3.8) is 0 Å². The Morgan fingerprint density at radius 3 is 2.90 bits per heavy atom. The summed E-state index contributed by atoms with van der Waals surface area (Å²) in [4.78, 5) is 10.9. The first kappa shape index (κ1) is 14.6. The van der Waals surface area contributed by atoms with Crippen LogP contribution >= 0.6 is 0 Å². The number of anilines is 1. The van der Waals surface area contributed by atoms with E-state index in [1.54, 1.807) is 25.2 Å². The molecule has 0 heterocycles. The van der Waals surface area contributed by atoms with E-state index >= 15 is 0 Å². The Balaban J connectivity index is 2.18. The zero-order chi connectivity index (χ0) is 14.5. The molecular weight excluding hydrogens is 256 g/mol. The fourth-order valence-corrected chi connectivity index (χ4v) is 2.91. The van der Waals surface area contributed by atoms with Gasteiger partial charge >= 0.3 is 5.69 Å². The number of nitrogens with zero attached hydrogens (tertiary/aromatic N) is 1. The Labute approximate surface area is 119 Å². The van der Waals surface area contributed by atoms with Gasteiger partial charge in [0.25, 0.3) is 0 Å². The molecule has 1 aromatic rings. The summed E-state index contributed by atoms with van der Waals surface area (Å²) in [6.45, 7) is 2.19. The molecule has 1 aromatic carbocycles. The third kappa shape index (κ3) is 3.21. The molecule has 1 N–H and O–H groups in total. The standard InChI is InChI=1S/C15H22N2O3/c1-3-11-6-4-7-12(10-11)20-14-9-5-8-13(16-2)15(14)17(18)19/h5,8-9,11-12,16H,3-4,6-7,10H2,1-2H3. The lowest BCUT2D eigenvalue weighted by Gasteiger charge is -2.28. The second kappa shape index (κ2) is 6.59. The van der Waals surface area contributed by atoms with Gasteiger partial charge in [0.1, 0.15) is 5.69 Å². The Bertz CT molecular complexity index is 476. The molecule has 2 unspecified atom stereocenters. The SMILES string of the molecule is CCC1CCCC(Oc2cccc(NC)c2[N+](=O)[O-])C1. The quantitative estimate of drug-likeness (QED) is 0.653. The Morgan fingerprint density at radius 1 is 1.45 bits per heavy atom. The average Bonchev–Trinajstić information content (AvgIpc) is 2.46. The molecule has 0 saturated heterocycles. The van der Waals surface area contributed by atoms with Gasteiger partial charge in [-0.1, -0.05) is 25.8 Å². The van der Waals surface area contributed by atoms with E-state index in [0.717, 1.165) is 25.7 Å². The number of benzene rings is 1. The number of para-hydroxylation sites is 1. The minimum absolute atomic E-state index is 0.0358. The smallest absolute Gasteiger partial charge is 0.333 e. The van der Waals surface area contributed by atoms with E-state index in [2.05, 4.69) is 12.2 Å². The van der Waals surface area contributed by atoms with E-state index in [1.807, 2.05) is 0 Å². The highest BCUT2D eigenvalue weighted by Gasteiger charge is 2.26. The lowest BCUT2D eigenvalue weighted by Crippen LogP contribution is -2.25. The summed E-state index contributed by atoms with van der Waals surface area (Å²) in [5, 5.41) is 14.1. The van der Waals surface area contributed by atoms with E-state index in [4.69, 9.17) is 4.74 Å². The zero-order valence-electron chi connectivity index (χ0n) is 12.1. The third-order valence-electron chi connectivity index (χ3n) is 4.06. The van der Waals surface area contributed by atoms with Crippen LogP contribution in [0.5, 0.6) is 5.75 Å². The first-order valence-corrected chi connectivity index (χ1v) is 7.27. The van der Waals surface area contributed by atoms with Crippen molar-refractivity contribution in [3.8, 4) is 5.75 Å². The van der Waals surface area contributed by atoms with Gasteiger partial charge in [-0.05, 0) is 37.3 Å². The second-order valence-corrected chi connectivity index (χ2v) is 5.34. The van der Waals surface area contributed by atoms with Gasteiger partial charge in [0.2, 0.25) is 0 Å². The molecule has 2 atom stereocenters. The van der Waals surface area contributed by atoms with Crippen LogP contribution in [-0.4, -0.2) is 18.1 Å². The topological polar surface area (TPSA) is 64.4 Å². The highest BCUT2D eigenvalue weighted by molar-refractivity contribution is 5.68. The minimum atomic E-state index is -0.374. The van der Waals surface area contributed by atoms with Crippen molar-refractivity contribution in [3.05, 3.63) is 28.3 Å². The van der Waals surface area contributed by atoms with E-state index < -0.39 is 0 Å². The van der Waals surface area contributed by atoms with Crippen molar-refractivity contribution < 1.29 is 9.66 Å². The molecule has 0 radical (unpaired) electrons. The fourth-order valence-electron chi connectivity index (χ4n) is 2.91. The fraction of sp³-hybridized carbons (Fsp3) is 0.600. The molecular formula is C15H22N2O3. The molecule has 1 fully saturated rings. The van der Waals surface area contributed by atoms with Crippen LogP contribution in [0.25, 0.3) is 0 Å². The van der Waals surface area contributed by atoms with Gasteiger partial charge in [-0.25, -0.2) is 0 Å². The molecule has 0 aliphatic heterocycles. The first-order valence-electron chi connectivity index (χ1n) is 7.27. The molecule has 0 aromatic heterocycles. The molecule has 0 amide bonds. The van der Waals surface area contributed by atoms with Crippen LogP contribution in [0.15, 0.2) is 18.2 Å². The minimum Gasteiger partial charge on any atom is -0.483 e. The maximum absolute atomic E-state index is 11.2. The number of hydrogen-bond acceptors (Lipinski definition) is 4. The number of nitro groups is 1.